The summed E-state index contributed by atoms with van der Waals surface area (Å²) < 4.78 is 19.6. The smallest absolute Gasteiger partial charge is 0.270 e. The monoisotopic (exact) mass is 415 g/mol. The van der Waals surface area contributed by atoms with Gasteiger partial charge >= 0.3 is 0 Å². The summed E-state index contributed by atoms with van der Waals surface area (Å²) in [6.45, 7) is 0.621. The normalized spacial score (nSPS) is 19.3. The molecule has 2 aromatic heterocycles. The van der Waals surface area contributed by atoms with Gasteiger partial charge in [0.25, 0.3) is 5.91 Å². The zero-order valence-electron chi connectivity index (χ0n) is 15.4. The van der Waals surface area contributed by atoms with Crippen molar-refractivity contribution >= 4 is 28.4 Å². The number of rotatable bonds is 4. The number of hydrogen-bond donors (Lipinski definition) is 2. The van der Waals surface area contributed by atoms with E-state index in [9.17, 15) is 14.3 Å². The first-order chi connectivity index (χ1) is 14.0. The van der Waals surface area contributed by atoms with E-state index in [4.69, 9.17) is 16.3 Å². The van der Waals surface area contributed by atoms with Crippen molar-refractivity contribution < 1.29 is 19.0 Å². The number of fused-ring (bicyclic) bond motifs is 1. The SMILES string of the molecule is O=C(N[C@H]1CCOC[C@@H]1O)c1cc(Cc2ccc(Cl)nc2)c2cccc(F)c2n1. The van der Waals surface area contributed by atoms with Crippen LogP contribution in [0, 0.1) is 5.82 Å². The molecule has 8 heteroatoms. The number of halogens is 2. The van der Waals surface area contributed by atoms with E-state index in [1.807, 2.05) is 6.07 Å². The number of aromatic nitrogens is 2. The van der Waals surface area contributed by atoms with Crippen molar-refractivity contribution in [2.24, 2.45) is 0 Å². The highest BCUT2D eigenvalue weighted by Crippen LogP contribution is 2.24. The fraction of sp³-hybridized carbons (Fsp3) is 0.286. The van der Waals surface area contributed by atoms with Gasteiger partial charge in [0, 0.05) is 18.2 Å². The topological polar surface area (TPSA) is 84.3 Å². The van der Waals surface area contributed by atoms with E-state index in [1.54, 1.807) is 30.5 Å². The van der Waals surface area contributed by atoms with Crippen LogP contribution in [-0.4, -0.2) is 46.3 Å². The summed E-state index contributed by atoms with van der Waals surface area (Å²) in [4.78, 5) is 21.1. The third-order valence-corrected chi connectivity index (χ3v) is 5.16. The summed E-state index contributed by atoms with van der Waals surface area (Å²) in [5.41, 5.74) is 1.84. The Bertz CT molecular complexity index is 1050. The number of aliphatic hydroxyl groups excluding tert-OH is 1. The molecule has 2 N–H and O–H groups in total. The van der Waals surface area contributed by atoms with Crippen molar-refractivity contribution in [3.05, 3.63) is 70.4 Å². The molecule has 3 heterocycles. The zero-order valence-corrected chi connectivity index (χ0v) is 16.2. The summed E-state index contributed by atoms with van der Waals surface area (Å²) in [5.74, 6) is -0.963. The number of aliphatic hydroxyl groups is 1. The molecule has 29 heavy (non-hydrogen) atoms. The molecule has 0 radical (unpaired) electrons. The number of carbonyl (C=O) groups excluding carboxylic acids is 1. The van der Waals surface area contributed by atoms with Crippen LogP contribution < -0.4 is 5.32 Å². The molecule has 0 bridgehead atoms. The van der Waals surface area contributed by atoms with Crippen LogP contribution in [-0.2, 0) is 11.2 Å². The van der Waals surface area contributed by atoms with E-state index < -0.39 is 23.9 Å². The third-order valence-electron chi connectivity index (χ3n) is 4.93. The number of nitrogens with one attached hydrogen (secondary N) is 1. The average Bonchev–Trinajstić information content (AvgIpc) is 2.72. The summed E-state index contributed by atoms with van der Waals surface area (Å²) >= 11 is 5.85. The lowest BCUT2D eigenvalue weighted by atomic mass is 10.0. The lowest BCUT2D eigenvalue weighted by molar-refractivity contribution is -0.0261. The van der Waals surface area contributed by atoms with Crippen LogP contribution in [0.25, 0.3) is 10.9 Å². The number of carbonyl (C=O) groups is 1. The van der Waals surface area contributed by atoms with Crippen molar-refractivity contribution in [1.29, 1.82) is 0 Å². The van der Waals surface area contributed by atoms with E-state index in [0.29, 0.717) is 30.0 Å². The van der Waals surface area contributed by atoms with Gasteiger partial charge in [0.05, 0.1) is 18.8 Å². The number of amides is 1. The van der Waals surface area contributed by atoms with Crippen molar-refractivity contribution in [1.82, 2.24) is 15.3 Å². The van der Waals surface area contributed by atoms with E-state index in [-0.39, 0.29) is 17.8 Å². The van der Waals surface area contributed by atoms with Crippen molar-refractivity contribution in [3.8, 4) is 0 Å². The van der Waals surface area contributed by atoms with Gasteiger partial charge in [-0.3, -0.25) is 4.79 Å². The Morgan fingerprint density at radius 3 is 2.97 bits per heavy atom. The number of hydrogen-bond acceptors (Lipinski definition) is 5. The average molecular weight is 416 g/mol. The summed E-state index contributed by atoms with van der Waals surface area (Å²) in [7, 11) is 0. The van der Waals surface area contributed by atoms with Gasteiger partial charge in [-0.15, -0.1) is 0 Å². The number of ether oxygens (including phenoxy) is 1. The Kier molecular flexibility index (Phi) is 5.71. The van der Waals surface area contributed by atoms with E-state index in [1.165, 1.54) is 6.07 Å². The van der Waals surface area contributed by atoms with Gasteiger partial charge in [-0.25, -0.2) is 14.4 Å². The Labute approximate surface area is 171 Å². The second-order valence-electron chi connectivity index (χ2n) is 6.98. The van der Waals surface area contributed by atoms with Gasteiger partial charge < -0.3 is 15.2 Å². The van der Waals surface area contributed by atoms with Gasteiger partial charge in [0.2, 0.25) is 0 Å². The van der Waals surface area contributed by atoms with Crippen LogP contribution >= 0.6 is 11.6 Å². The molecule has 6 nitrogen and oxygen atoms in total. The molecular formula is C21H19ClFN3O3. The molecule has 0 unspecified atom stereocenters. The van der Waals surface area contributed by atoms with E-state index in [2.05, 4.69) is 15.3 Å². The molecule has 2 atom stereocenters. The Balaban J connectivity index is 1.69. The molecule has 0 spiro atoms. The second kappa shape index (κ2) is 8.41. The fourth-order valence-electron chi connectivity index (χ4n) is 3.41. The second-order valence-corrected chi connectivity index (χ2v) is 7.37. The number of nitrogens with zero attached hydrogens (tertiary/aromatic N) is 2. The minimum Gasteiger partial charge on any atom is -0.389 e. The molecule has 0 saturated carbocycles. The molecule has 1 amide bonds. The van der Waals surface area contributed by atoms with Crippen LogP contribution in [0.3, 0.4) is 0 Å². The predicted octanol–water partition coefficient (Wildman–Crippen LogP) is 2.89. The molecule has 1 saturated heterocycles. The maximum Gasteiger partial charge on any atom is 0.270 e. The highest BCUT2D eigenvalue weighted by molar-refractivity contribution is 6.29. The molecule has 1 fully saturated rings. The van der Waals surface area contributed by atoms with Crippen molar-refractivity contribution in [2.45, 2.75) is 25.0 Å². The standard InChI is InChI=1S/C21H19ClFN3O3/c22-19-5-4-12(10-24-19)8-13-9-17(25-20-14(13)2-1-3-15(20)23)21(28)26-16-6-7-29-11-18(16)27/h1-5,9-10,16,18,27H,6-8,11H2,(H,26,28)/t16-,18-/m0/s1. The van der Waals surface area contributed by atoms with Gasteiger partial charge in [0.15, 0.2) is 0 Å². The molecule has 1 aliphatic rings. The third kappa shape index (κ3) is 4.37. The minimum atomic E-state index is -0.787. The largest absolute Gasteiger partial charge is 0.389 e. The maximum absolute atomic E-state index is 14.4. The van der Waals surface area contributed by atoms with Crippen molar-refractivity contribution in [2.75, 3.05) is 13.2 Å². The van der Waals surface area contributed by atoms with Crippen molar-refractivity contribution in [3.63, 3.8) is 0 Å². The van der Waals surface area contributed by atoms with Gasteiger partial charge in [-0.05, 0) is 42.2 Å². The van der Waals surface area contributed by atoms with E-state index in [0.717, 1.165) is 11.1 Å². The van der Waals surface area contributed by atoms with E-state index >= 15 is 0 Å². The first-order valence-electron chi connectivity index (χ1n) is 9.26. The molecule has 4 rings (SSSR count). The molecule has 1 aromatic carbocycles. The summed E-state index contributed by atoms with van der Waals surface area (Å²) in [6.07, 6.45) is 1.79. The zero-order chi connectivity index (χ0) is 20.4. The van der Waals surface area contributed by atoms with Gasteiger partial charge in [-0.2, -0.15) is 0 Å². The summed E-state index contributed by atoms with van der Waals surface area (Å²) in [6, 6.07) is 9.43. The fourth-order valence-corrected chi connectivity index (χ4v) is 3.52. The molecule has 150 valence electrons. The highest BCUT2D eigenvalue weighted by Gasteiger charge is 2.26. The van der Waals surface area contributed by atoms with Gasteiger partial charge in [0.1, 0.15) is 22.2 Å². The highest BCUT2D eigenvalue weighted by atomic mass is 35.5. The van der Waals surface area contributed by atoms with Crippen LogP contribution in [0.2, 0.25) is 5.15 Å². The quantitative estimate of drug-likeness (QED) is 0.640. The molecule has 1 aliphatic heterocycles. The number of para-hydroxylation sites is 1. The minimum absolute atomic E-state index is 0.0956. The Morgan fingerprint density at radius 1 is 1.34 bits per heavy atom. The number of pyridine rings is 2. The molecular weight excluding hydrogens is 397 g/mol. The molecule has 0 aliphatic carbocycles. The lowest BCUT2D eigenvalue weighted by Crippen LogP contribution is -2.48. The predicted molar refractivity (Wildman–Crippen MR) is 106 cm³/mol. The summed E-state index contributed by atoms with van der Waals surface area (Å²) in [5, 5.41) is 13.8. The lowest BCUT2D eigenvalue weighted by Gasteiger charge is -2.28. The van der Waals surface area contributed by atoms with Crippen LogP contribution in [0.1, 0.15) is 28.0 Å². The van der Waals surface area contributed by atoms with Crippen LogP contribution in [0.5, 0.6) is 0 Å². The molecule has 3 aromatic rings. The number of benzene rings is 1. The van der Waals surface area contributed by atoms with Crippen LogP contribution in [0.4, 0.5) is 4.39 Å². The first-order valence-corrected chi connectivity index (χ1v) is 9.64. The maximum atomic E-state index is 14.4. The van der Waals surface area contributed by atoms with Crippen LogP contribution in [0.15, 0.2) is 42.6 Å². The Hall–Kier alpha value is -2.61. The Morgan fingerprint density at radius 2 is 2.21 bits per heavy atom. The first kappa shape index (κ1) is 19.7. The van der Waals surface area contributed by atoms with Gasteiger partial charge in [-0.1, -0.05) is 29.8 Å².